The van der Waals surface area contributed by atoms with E-state index in [4.69, 9.17) is 16.6 Å². The van der Waals surface area contributed by atoms with Crippen LogP contribution in [-0.4, -0.2) is 36.8 Å². The lowest BCUT2D eigenvalue weighted by Gasteiger charge is -2.13. The number of hydrogen-bond acceptors (Lipinski definition) is 4. The largest absolute Gasteiger partial charge is 0.480 e. The zero-order valence-electron chi connectivity index (χ0n) is 7.83. The van der Waals surface area contributed by atoms with Crippen molar-refractivity contribution in [3.63, 3.8) is 0 Å². The van der Waals surface area contributed by atoms with E-state index in [9.17, 15) is 4.79 Å². The minimum Gasteiger partial charge on any atom is -0.480 e. The van der Waals surface area contributed by atoms with Gasteiger partial charge in [0.05, 0.1) is 0 Å². The van der Waals surface area contributed by atoms with Crippen molar-refractivity contribution < 1.29 is 9.90 Å². The summed E-state index contributed by atoms with van der Waals surface area (Å²) in [6, 6.07) is -0.477. The molecule has 1 atom stereocenters. The van der Waals surface area contributed by atoms with Crippen LogP contribution >= 0.6 is 0 Å². The van der Waals surface area contributed by atoms with Crippen molar-refractivity contribution in [3.05, 3.63) is 0 Å². The highest BCUT2D eigenvalue weighted by molar-refractivity contribution is 5.73. The van der Waals surface area contributed by atoms with Gasteiger partial charge in [-0.3, -0.25) is 4.79 Å². The van der Waals surface area contributed by atoms with Crippen LogP contribution in [0.25, 0.3) is 0 Å². The van der Waals surface area contributed by atoms with Gasteiger partial charge < -0.3 is 21.9 Å². The number of aliphatic carboxylic acids is 1. The standard InChI is InChI=1S/C8H19N3O2/c9-4-1-3-7(8(12)13)11-6-2-5-10/h7,11H,1-6,9-10H2,(H,12,13). The summed E-state index contributed by atoms with van der Waals surface area (Å²) in [5.74, 6) is -0.814. The van der Waals surface area contributed by atoms with E-state index in [1.54, 1.807) is 0 Å². The maximum atomic E-state index is 10.7. The van der Waals surface area contributed by atoms with Crippen molar-refractivity contribution in [2.45, 2.75) is 25.3 Å². The summed E-state index contributed by atoms with van der Waals surface area (Å²) in [6.07, 6.45) is 2.11. The summed E-state index contributed by atoms with van der Waals surface area (Å²) in [7, 11) is 0. The number of hydrogen-bond donors (Lipinski definition) is 4. The van der Waals surface area contributed by atoms with Gasteiger partial charge in [0.1, 0.15) is 6.04 Å². The molecule has 0 aliphatic rings. The molecular weight excluding hydrogens is 170 g/mol. The molecule has 0 saturated heterocycles. The van der Waals surface area contributed by atoms with Gasteiger partial charge in [-0.15, -0.1) is 0 Å². The van der Waals surface area contributed by atoms with Crippen LogP contribution in [0.1, 0.15) is 19.3 Å². The highest BCUT2D eigenvalue weighted by Gasteiger charge is 2.14. The van der Waals surface area contributed by atoms with E-state index in [0.29, 0.717) is 26.1 Å². The Kier molecular flexibility index (Phi) is 7.57. The molecule has 0 aliphatic carbocycles. The molecule has 0 fully saturated rings. The lowest BCUT2D eigenvalue weighted by molar-refractivity contribution is -0.139. The third-order valence-electron chi connectivity index (χ3n) is 1.77. The van der Waals surface area contributed by atoms with E-state index < -0.39 is 12.0 Å². The maximum absolute atomic E-state index is 10.7. The normalized spacial score (nSPS) is 12.8. The molecule has 0 radical (unpaired) electrons. The predicted octanol–water partition coefficient (Wildman–Crippen LogP) is -0.883. The Balaban J connectivity index is 3.61. The lowest BCUT2D eigenvalue weighted by atomic mass is 10.1. The Bertz CT molecular complexity index is 141. The number of nitrogens with one attached hydrogen (secondary N) is 1. The molecule has 0 saturated carbocycles. The van der Waals surface area contributed by atoms with Crippen molar-refractivity contribution in [2.75, 3.05) is 19.6 Å². The first-order valence-corrected chi connectivity index (χ1v) is 4.58. The van der Waals surface area contributed by atoms with Crippen LogP contribution < -0.4 is 16.8 Å². The van der Waals surface area contributed by atoms with Gasteiger partial charge in [-0.2, -0.15) is 0 Å². The zero-order valence-corrected chi connectivity index (χ0v) is 7.83. The van der Waals surface area contributed by atoms with E-state index >= 15 is 0 Å². The second-order valence-corrected chi connectivity index (χ2v) is 2.92. The van der Waals surface area contributed by atoms with Crippen molar-refractivity contribution in [2.24, 2.45) is 11.5 Å². The SMILES string of the molecule is NCCCNC(CCCN)C(=O)O. The van der Waals surface area contributed by atoms with Crippen molar-refractivity contribution in [1.82, 2.24) is 5.32 Å². The van der Waals surface area contributed by atoms with Crippen LogP contribution in [-0.2, 0) is 4.79 Å². The second-order valence-electron chi connectivity index (χ2n) is 2.92. The van der Waals surface area contributed by atoms with Gasteiger partial charge in [0.25, 0.3) is 0 Å². The second kappa shape index (κ2) is 7.97. The van der Waals surface area contributed by atoms with Crippen molar-refractivity contribution in [3.8, 4) is 0 Å². The fourth-order valence-corrected chi connectivity index (χ4v) is 1.01. The molecule has 0 aliphatic heterocycles. The van der Waals surface area contributed by atoms with Crippen LogP contribution in [0, 0.1) is 0 Å². The lowest BCUT2D eigenvalue weighted by Crippen LogP contribution is -2.38. The third kappa shape index (κ3) is 6.51. The van der Waals surface area contributed by atoms with E-state index in [2.05, 4.69) is 5.32 Å². The Morgan fingerprint density at radius 2 is 1.92 bits per heavy atom. The molecule has 13 heavy (non-hydrogen) atoms. The smallest absolute Gasteiger partial charge is 0.320 e. The zero-order chi connectivity index (χ0) is 10.1. The van der Waals surface area contributed by atoms with E-state index in [1.165, 1.54) is 0 Å². The van der Waals surface area contributed by atoms with Crippen molar-refractivity contribution in [1.29, 1.82) is 0 Å². The van der Waals surface area contributed by atoms with E-state index in [0.717, 1.165) is 12.8 Å². The molecule has 6 N–H and O–H groups in total. The molecule has 78 valence electrons. The summed E-state index contributed by atoms with van der Waals surface area (Å²) in [5, 5.41) is 11.7. The summed E-state index contributed by atoms with van der Waals surface area (Å²) >= 11 is 0. The first-order valence-electron chi connectivity index (χ1n) is 4.58. The summed E-state index contributed by atoms with van der Waals surface area (Å²) in [6.45, 7) is 1.76. The van der Waals surface area contributed by atoms with Gasteiger partial charge in [-0.1, -0.05) is 0 Å². The number of carboxylic acids is 1. The fraction of sp³-hybridized carbons (Fsp3) is 0.875. The molecule has 0 aromatic heterocycles. The first-order chi connectivity index (χ1) is 6.22. The Morgan fingerprint density at radius 1 is 1.31 bits per heavy atom. The van der Waals surface area contributed by atoms with Gasteiger partial charge in [-0.05, 0) is 38.9 Å². The van der Waals surface area contributed by atoms with Crippen LogP contribution in [0.5, 0.6) is 0 Å². The number of nitrogens with two attached hydrogens (primary N) is 2. The Morgan fingerprint density at radius 3 is 2.38 bits per heavy atom. The molecule has 0 amide bonds. The van der Waals surface area contributed by atoms with Gasteiger partial charge in [0.2, 0.25) is 0 Å². The molecule has 0 rings (SSSR count). The van der Waals surface area contributed by atoms with Crippen LogP contribution in [0.15, 0.2) is 0 Å². The van der Waals surface area contributed by atoms with Gasteiger partial charge in [0, 0.05) is 0 Å². The first kappa shape index (κ1) is 12.3. The summed E-state index contributed by atoms with van der Waals surface area (Å²) < 4.78 is 0. The van der Waals surface area contributed by atoms with Gasteiger partial charge >= 0.3 is 5.97 Å². The van der Waals surface area contributed by atoms with Crippen LogP contribution in [0.4, 0.5) is 0 Å². The molecule has 0 aromatic carbocycles. The molecular formula is C8H19N3O2. The summed E-state index contributed by atoms with van der Waals surface area (Å²) in [5.41, 5.74) is 10.6. The van der Waals surface area contributed by atoms with Gasteiger partial charge in [-0.25, -0.2) is 0 Å². The number of carboxylic acid groups (broad SMARTS) is 1. The minimum absolute atomic E-state index is 0.477. The van der Waals surface area contributed by atoms with E-state index in [-0.39, 0.29) is 0 Å². The van der Waals surface area contributed by atoms with Crippen LogP contribution in [0.2, 0.25) is 0 Å². The highest BCUT2D eigenvalue weighted by Crippen LogP contribution is 1.96. The molecule has 5 nitrogen and oxygen atoms in total. The van der Waals surface area contributed by atoms with Crippen LogP contribution in [0.3, 0.4) is 0 Å². The number of rotatable bonds is 8. The molecule has 0 heterocycles. The van der Waals surface area contributed by atoms with Gasteiger partial charge in [0.15, 0.2) is 0 Å². The molecule has 5 heteroatoms. The Labute approximate surface area is 78.5 Å². The minimum atomic E-state index is -0.814. The van der Waals surface area contributed by atoms with E-state index in [1.807, 2.05) is 0 Å². The highest BCUT2D eigenvalue weighted by atomic mass is 16.4. The molecule has 0 spiro atoms. The third-order valence-corrected chi connectivity index (χ3v) is 1.77. The number of carbonyl (C=O) groups is 1. The quantitative estimate of drug-likeness (QED) is 0.371. The maximum Gasteiger partial charge on any atom is 0.320 e. The Hall–Kier alpha value is -0.650. The van der Waals surface area contributed by atoms with Crippen molar-refractivity contribution >= 4 is 5.97 Å². The predicted molar refractivity (Wildman–Crippen MR) is 51.4 cm³/mol. The fourth-order valence-electron chi connectivity index (χ4n) is 1.01. The average Bonchev–Trinajstić information content (AvgIpc) is 2.10. The molecule has 1 unspecified atom stereocenters. The molecule has 0 aromatic rings. The topological polar surface area (TPSA) is 101 Å². The summed E-state index contributed by atoms with van der Waals surface area (Å²) in [4.78, 5) is 10.7. The monoisotopic (exact) mass is 189 g/mol. The average molecular weight is 189 g/mol. The molecule has 0 bridgehead atoms.